The van der Waals surface area contributed by atoms with Crippen molar-refractivity contribution in [3.63, 3.8) is 0 Å². The molecule has 4 nitrogen and oxygen atoms in total. The van der Waals surface area contributed by atoms with Gasteiger partial charge < -0.3 is 15.0 Å². The van der Waals surface area contributed by atoms with Crippen molar-refractivity contribution >= 4 is 17.3 Å². The van der Waals surface area contributed by atoms with Gasteiger partial charge in [0.2, 0.25) is 0 Å². The lowest BCUT2D eigenvalue weighted by molar-refractivity contribution is 0.401. The summed E-state index contributed by atoms with van der Waals surface area (Å²) in [6, 6.07) is 4.41. The summed E-state index contributed by atoms with van der Waals surface area (Å²) in [5, 5.41) is 7.20. The molecular formula is C23H32N4S. The summed E-state index contributed by atoms with van der Waals surface area (Å²) >= 11 is 2.01. The number of piperidine rings is 1. The lowest BCUT2D eigenvalue weighted by atomic mass is 10.0. The number of fused-ring (bicyclic) bond motifs is 2. The molecule has 150 valence electrons. The highest BCUT2D eigenvalue weighted by molar-refractivity contribution is 7.99. The van der Waals surface area contributed by atoms with Gasteiger partial charge >= 0.3 is 0 Å². The lowest BCUT2D eigenvalue weighted by Crippen LogP contribution is -2.38. The summed E-state index contributed by atoms with van der Waals surface area (Å²) in [7, 11) is 0. The van der Waals surface area contributed by atoms with Crippen LogP contribution in [0, 0.1) is 23.7 Å². The molecule has 3 heterocycles. The summed E-state index contributed by atoms with van der Waals surface area (Å²) in [4.78, 5) is 6.20. The van der Waals surface area contributed by atoms with E-state index in [9.17, 15) is 0 Å². The first-order valence-electron chi connectivity index (χ1n) is 10.8. The molecule has 2 aromatic rings. The third-order valence-electron chi connectivity index (χ3n) is 7.01. The van der Waals surface area contributed by atoms with Gasteiger partial charge in [0.25, 0.3) is 0 Å². The van der Waals surface area contributed by atoms with Crippen LogP contribution in [0.2, 0.25) is 0 Å². The van der Waals surface area contributed by atoms with Crippen molar-refractivity contribution in [2.75, 3.05) is 18.8 Å². The highest BCUT2D eigenvalue weighted by Gasteiger charge is 2.54. The second-order valence-electron chi connectivity index (χ2n) is 9.46. The third kappa shape index (κ3) is 3.26. The molecule has 3 fully saturated rings. The number of hydrogen-bond acceptors (Lipinski definition) is 4. The molecule has 2 aliphatic carbocycles. The molecule has 3 aliphatic rings. The van der Waals surface area contributed by atoms with Crippen molar-refractivity contribution in [2.45, 2.75) is 50.0 Å². The van der Waals surface area contributed by atoms with Crippen LogP contribution in [0.15, 0.2) is 41.7 Å². The minimum absolute atomic E-state index is 0.247. The largest absolute Gasteiger partial charge is 0.377 e. The zero-order chi connectivity index (χ0) is 19.3. The summed E-state index contributed by atoms with van der Waals surface area (Å²) in [5.74, 6) is 5.39. The number of allylic oxidation sites excluding steroid dienone is 1. The standard InChI is InChI=1S/C23H32N4S/c1-15(21-17-11-24-12-18(17)21)26-23(2,3)22-25-13-19-20(9-6-10-27(19)22)28-14-16-7-4-5-8-16/h6,9-10,13,16-18,21,24,26H,1,4-5,7-8,11-12,14H2,2-3H3. The molecule has 0 amide bonds. The average molecular weight is 397 g/mol. The first-order valence-corrected chi connectivity index (χ1v) is 11.8. The monoisotopic (exact) mass is 396 g/mol. The molecule has 0 aromatic carbocycles. The minimum Gasteiger partial charge on any atom is -0.377 e. The maximum absolute atomic E-state index is 4.85. The van der Waals surface area contributed by atoms with Crippen LogP contribution in [0.25, 0.3) is 5.52 Å². The van der Waals surface area contributed by atoms with Gasteiger partial charge in [-0.2, -0.15) is 0 Å². The highest BCUT2D eigenvalue weighted by atomic mass is 32.2. The zero-order valence-corrected chi connectivity index (χ0v) is 17.9. The van der Waals surface area contributed by atoms with Crippen LogP contribution in [-0.2, 0) is 5.54 Å². The fourth-order valence-electron chi connectivity index (χ4n) is 5.44. The van der Waals surface area contributed by atoms with Gasteiger partial charge in [-0.3, -0.25) is 0 Å². The maximum atomic E-state index is 4.85. The Morgan fingerprint density at radius 1 is 1.32 bits per heavy atom. The number of imidazole rings is 1. The Bertz CT molecular complexity index is 870. The third-order valence-corrected chi connectivity index (χ3v) is 8.30. The zero-order valence-electron chi connectivity index (χ0n) is 17.1. The molecule has 28 heavy (non-hydrogen) atoms. The molecule has 2 atom stereocenters. The van der Waals surface area contributed by atoms with E-state index < -0.39 is 0 Å². The number of rotatable bonds is 7. The fourth-order valence-corrected chi connectivity index (χ4v) is 6.66. The molecule has 0 spiro atoms. The van der Waals surface area contributed by atoms with E-state index in [1.165, 1.54) is 47.5 Å². The highest BCUT2D eigenvalue weighted by Crippen LogP contribution is 2.52. The number of nitrogens with zero attached hydrogens (tertiary/aromatic N) is 2. The number of aromatic nitrogens is 2. The molecule has 0 radical (unpaired) electrons. The van der Waals surface area contributed by atoms with Gasteiger partial charge in [0, 0.05) is 28.5 Å². The summed E-state index contributed by atoms with van der Waals surface area (Å²) in [5.41, 5.74) is 2.17. The van der Waals surface area contributed by atoms with Gasteiger partial charge in [-0.1, -0.05) is 19.4 Å². The van der Waals surface area contributed by atoms with Crippen LogP contribution in [0.3, 0.4) is 0 Å². The fraction of sp³-hybridized carbons (Fsp3) is 0.609. The van der Waals surface area contributed by atoms with Crippen LogP contribution in [-0.4, -0.2) is 28.2 Å². The normalized spacial score (nSPS) is 27.3. The topological polar surface area (TPSA) is 41.4 Å². The van der Waals surface area contributed by atoms with Crippen LogP contribution >= 0.6 is 11.8 Å². The van der Waals surface area contributed by atoms with Crippen LogP contribution in [0.1, 0.15) is 45.4 Å². The van der Waals surface area contributed by atoms with E-state index >= 15 is 0 Å². The predicted octanol–water partition coefficient (Wildman–Crippen LogP) is 4.42. The smallest absolute Gasteiger partial charge is 0.138 e. The van der Waals surface area contributed by atoms with E-state index in [4.69, 9.17) is 4.98 Å². The van der Waals surface area contributed by atoms with Gasteiger partial charge in [0.05, 0.1) is 17.3 Å². The van der Waals surface area contributed by atoms with E-state index in [1.807, 2.05) is 18.0 Å². The second-order valence-corrected chi connectivity index (χ2v) is 10.5. The summed E-state index contributed by atoms with van der Waals surface area (Å²) < 4.78 is 2.27. The molecule has 2 N–H and O–H groups in total. The van der Waals surface area contributed by atoms with Crippen molar-refractivity contribution < 1.29 is 0 Å². The van der Waals surface area contributed by atoms with E-state index in [0.717, 1.165) is 36.7 Å². The summed E-state index contributed by atoms with van der Waals surface area (Å²) in [6.45, 7) is 11.1. The summed E-state index contributed by atoms with van der Waals surface area (Å²) in [6.07, 6.45) is 9.83. The Kier molecular flexibility index (Phi) is 4.71. The first-order chi connectivity index (χ1) is 13.5. The quantitative estimate of drug-likeness (QED) is 0.680. The van der Waals surface area contributed by atoms with E-state index in [1.54, 1.807) is 0 Å². The van der Waals surface area contributed by atoms with Crippen LogP contribution in [0.4, 0.5) is 0 Å². The van der Waals surface area contributed by atoms with Crippen molar-refractivity contribution in [1.82, 2.24) is 20.0 Å². The molecule has 2 unspecified atom stereocenters. The molecule has 5 rings (SSSR count). The molecule has 1 aliphatic heterocycles. The van der Waals surface area contributed by atoms with E-state index in [2.05, 4.69) is 53.8 Å². The van der Waals surface area contributed by atoms with Gasteiger partial charge in [0.1, 0.15) is 5.82 Å². The van der Waals surface area contributed by atoms with E-state index in [-0.39, 0.29) is 5.54 Å². The van der Waals surface area contributed by atoms with Gasteiger partial charge in [-0.15, -0.1) is 11.8 Å². The molecule has 2 saturated carbocycles. The van der Waals surface area contributed by atoms with E-state index in [0.29, 0.717) is 5.92 Å². The second kappa shape index (κ2) is 7.10. The maximum Gasteiger partial charge on any atom is 0.138 e. The Labute approximate surface area is 172 Å². The number of hydrogen-bond donors (Lipinski definition) is 2. The van der Waals surface area contributed by atoms with Crippen molar-refractivity contribution in [2.24, 2.45) is 23.7 Å². The van der Waals surface area contributed by atoms with Gasteiger partial charge in [0.15, 0.2) is 0 Å². The predicted molar refractivity (Wildman–Crippen MR) is 117 cm³/mol. The first kappa shape index (κ1) is 18.6. The Hall–Kier alpha value is -1.46. The number of nitrogens with one attached hydrogen (secondary N) is 2. The molecule has 5 heteroatoms. The molecule has 1 saturated heterocycles. The minimum atomic E-state index is -0.247. The Morgan fingerprint density at radius 2 is 2.07 bits per heavy atom. The van der Waals surface area contributed by atoms with Crippen molar-refractivity contribution in [3.8, 4) is 0 Å². The van der Waals surface area contributed by atoms with Gasteiger partial charge in [-0.25, -0.2) is 4.98 Å². The van der Waals surface area contributed by atoms with Gasteiger partial charge in [-0.05, 0) is 69.7 Å². The Balaban J connectivity index is 1.33. The molecule has 2 aromatic heterocycles. The van der Waals surface area contributed by atoms with Crippen molar-refractivity contribution in [1.29, 1.82) is 0 Å². The molecular weight excluding hydrogens is 364 g/mol. The van der Waals surface area contributed by atoms with Crippen LogP contribution in [0.5, 0.6) is 0 Å². The SMILES string of the molecule is C=C(NC(C)(C)c1ncc2c(SCC3CCCC3)cccn12)C1C2CNCC21. The Morgan fingerprint density at radius 3 is 2.82 bits per heavy atom. The molecule has 0 bridgehead atoms. The average Bonchev–Trinajstić information content (AvgIpc) is 3.18. The van der Waals surface area contributed by atoms with Crippen LogP contribution < -0.4 is 10.6 Å². The number of pyridine rings is 1. The van der Waals surface area contributed by atoms with Crippen molar-refractivity contribution in [3.05, 3.63) is 42.6 Å². The number of thioether (sulfide) groups is 1. The lowest BCUT2D eigenvalue weighted by Gasteiger charge is -2.28.